The molecule has 0 aliphatic carbocycles. The summed E-state index contributed by atoms with van der Waals surface area (Å²) in [4.78, 5) is 13.0. The lowest BCUT2D eigenvalue weighted by atomic mass is 10.1. The van der Waals surface area contributed by atoms with E-state index in [2.05, 4.69) is 4.74 Å². The Kier molecular flexibility index (Phi) is 6.26. The third-order valence-corrected chi connectivity index (χ3v) is 3.54. The Bertz CT molecular complexity index is 669. The van der Waals surface area contributed by atoms with Gasteiger partial charge in [-0.05, 0) is 17.7 Å². The van der Waals surface area contributed by atoms with E-state index < -0.39 is 23.2 Å². The molecule has 24 heavy (non-hydrogen) atoms. The van der Waals surface area contributed by atoms with E-state index in [0.29, 0.717) is 25.4 Å². The van der Waals surface area contributed by atoms with Crippen molar-refractivity contribution < 1.29 is 23.0 Å². The molecular formula is C18H19F2NO3. The predicted molar refractivity (Wildman–Crippen MR) is 87.1 cm³/mol. The smallest absolute Gasteiger partial charge is 0.343 e. The zero-order valence-electron chi connectivity index (χ0n) is 13.6. The minimum atomic E-state index is -1.04. The maximum absolute atomic E-state index is 13.9. The lowest BCUT2D eigenvalue weighted by Crippen LogP contribution is -2.23. The van der Waals surface area contributed by atoms with Crippen molar-refractivity contribution in [2.45, 2.75) is 6.61 Å². The van der Waals surface area contributed by atoms with Crippen LogP contribution in [0.15, 0.2) is 42.5 Å². The molecule has 0 heterocycles. The first-order valence-electron chi connectivity index (χ1n) is 7.43. The number of rotatable bonds is 7. The number of anilines is 1. The van der Waals surface area contributed by atoms with Gasteiger partial charge < -0.3 is 14.4 Å². The summed E-state index contributed by atoms with van der Waals surface area (Å²) in [5, 5.41) is 0. The Labute approximate surface area is 139 Å². The summed E-state index contributed by atoms with van der Waals surface area (Å²) < 4.78 is 37.8. The van der Waals surface area contributed by atoms with Crippen LogP contribution in [0.2, 0.25) is 0 Å². The van der Waals surface area contributed by atoms with Gasteiger partial charge >= 0.3 is 5.97 Å². The van der Waals surface area contributed by atoms with E-state index in [-0.39, 0.29) is 0 Å². The van der Waals surface area contributed by atoms with Crippen LogP contribution in [0.5, 0.6) is 0 Å². The summed E-state index contributed by atoms with van der Waals surface area (Å²) in [7, 11) is 2.77. The minimum absolute atomic E-state index is 0.320. The van der Waals surface area contributed by atoms with Gasteiger partial charge in [-0.3, -0.25) is 0 Å². The second-order valence-corrected chi connectivity index (χ2v) is 5.24. The molecular weight excluding hydrogens is 316 g/mol. The van der Waals surface area contributed by atoms with Gasteiger partial charge in [0.2, 0.25) is 0 Å². The van der Waals surface area contributed by atoms with Crippen molar-refractivity contribution in [1.29, 1.82) is 0 Å². The van der Waals surface area contributed by atoms with Crippen molar-refractivity contribution in [3.8, 4) is 0 Å². The normalized spacial score (nSPS) is 10.5. The van der Waals surface area contributed by atoms with Gasteiger partial charge in [-0.1, -0.05) is 30.3 Å². The number of likely N-dealkylation sites (N-methyl/N-ethyl adjacent to an activating group) is 1. The van der Waals surface area contributed by atoms with Crippen LogP contribution >= 0.6 is 0 Å². The predicted octanol–water partition coefficient (Wildman–Crippen LogP) is 3.40. The standard InChI is InChI=1S/C18H19F2NO3/c1-21(8-9-24-12-13-6-4-3-5-7-13)14-10-15(19)17(16(20)11-14)18(22)23-2/h3-7,10-11H,8-9,12H2,1-2H3. The van der Waals surface area contributed by atoms with Crippen LogP contribution in [0.3, 0.4) is 0 Å². The molecule has 0 saturated heterocycles. The van der Waals surface area contributed by atoms with Crippen molar-refractivity contribution in [3.05, 3.63) is 65.2 Å². The summed E-state index contributed by atoms with van der Waals surface area (Å²) in [6.45, 7) is 1.31. The lowest BCUT2D eigenvalue weighted by Gasteiger charge is -2.20. The molecule has 2 rings (SSSR count). The highest BCUT2D eigenvalue weighted by molar-refractivity contribution is 5.90. The first-order valence-corrected chi connectivity index (χ1v) is 7.43. The number of halogens is 2. The molecule has 2 aromatic carbocycles. The van der Waals surface area contributed by atoms with Crippen LogP contribution in [0.25, 0.3) is 0 Å². The quantitative estimate of drug-likeness (QED) is 0.574. The molecule has 0 atom stereocenters. The second-order valence-electron chi connectivity index (χ2n) is 5.24. The number of methoxy groups -OCH3 is 1. The van der Waals surface area contributed by atoms with Crippen LogP contribution in [0.1, 0.15) is 15.9 Å². The Balaban J connectivity index is 1.92. The third-order valence-electron chi connectivity index (χ3n) is 3.54. The molecule has 0 aromatic heterocycles. The highest BCUT2D eigenvalue weighted by atomic mass is 19.1. The molecule has 128 valence electrons. The highest BCUT2D eigenvalue weighted by Gasteiger charge is 2.20. The van der Waals surface area contributed by atoms with E-state index in [1.165, 1.54) is 0 Å². The Morgan fingerprint density at radius 1 is 1.12 bits per heavy atom. The molecule has 0 amide bonds. The fraction of sp³-hybridized carbons (Fsp3) is 0.278. The number of carbonyl (C=O) groups is 1. The Morgan fingerprint density at radius 3 is 2.33 bits per heavy atom. The van der Waals surface area contributed by atoms with E-state index in [0.717, 1.165) is 24.8 Å². The van der Waals surface area contributed by atoms with E-state index >= 15 is 0 Å². The summed E-state index contributed by atoms with van der Waals surface area (Å²) in [5.74, 6) is -2.94. The zero-order chi connectivity index (χ0) is 17.5. The summed E-state index contributed by atoms with van der Waals surface area (Å²) in [5.41, 5.74) is 0.690. The number of ether oxygens (including phenoxy) is 2. The molecule has 0 bridgehead atoms. The maximum atomic E-state index is 13.9. The molecule has 0 saturated carbocycles. The first kappa shape index (κ1) is 17.9. The van der Waals surface area contributed by atoms with Gasteiger partial charge in [0, 0.05) is 19.3 Å². The number of hydrogen-bond donors (Lipinski definition) is 0. The van der Waals surface area contributed by atoms with Gasteiger partial charge in [0.05, 0.1) is 20.3 Å². The van der Waals surface area contributed by atoms with Crippen LogP contribution in [-0.2, 0) is 16.1 Å². The van der Waals surface area contributed by atoms with Crippen molar-refractivity contribution in [1.82, 2.24) is 0 Å². The average Bonchev–Trinajstić information content (AvgIpc) is 2.58. The Hall–Kier alpha value is -2.47. The summed E-state index contributed by atoms with van der Waals surface area (Å²) in [6, 6.07) is 11.9. The molecule has 0 spiro atoms. The van der Waals surface area contributed by atoms with Crippen molar-refractivity contribution in [2.24, 2.45) is 0 Å². The molecule has 0 aliphatic heterocycles. The molecule has 4 nitrogen and oxygen atoms in total. The van der Waals surface area contributed by atoms with E-state index in [9.17, 15) is 13.6 Å². The van der Waals surface area contributed by atoms with Crippen LogP contribution in [0.4, 0.5) is 14.5 Å². The summed E-state index contributed by atoms with van der Waals surface area (Å²) in [6.07, 6.45) is 0. The lowest BCUT2D eigenvalue weighted by molar-refractivity contribution is 0.0590. The van der Waals surface area contributed by atoms with Gasteiger partial charge in [0.1, 0.15) is 17.2 Å². The van der Waals surface area contributed by atoms with E-state index in [4.69, 9.17) is 4.74 Å². The number of esters is 1. The number of carbonyl (C=O) groups excluding carboxylic acids is 1. The number of benzene rings is 2. The SMILES string of the molecule is COC(=O)c1c(F)cc(N(C)CCOCc2ccccc2)cc1F. The van der Waals surface area contributed by atoms with E-state index in [1.807, 2.05) is 30.3 Å². The van der Waals surface area contributed by atoms with Gasteiger partial charge in [-0.15, -0.1) is 0 Å². The number of hydrogen-bond acceptors (Lipinski definition) is 4. The zero-order valence-corrected chi connectivity index (χ0v) is 13.6. The highest BCUT2D eigenvalue weighted by Crippen LogP contribution is 2.22. The molecule has 0 unspecified atom stereocenters. The molecule has 0 N–H and O–H groups in total. The molecule has 2 aromatic rings. The number of nitrogens with zero attached hydrogens (tertiary/aromatic N) is 1. The van der Waals surface area contributed by atoms with Crippen LogP contribution in [0, 0.1) is 11.6 Å². The van der Waals surface area contributed by atoms with E-state index in [1.54, 1.807) is 11.9 Å². The molecule has 0 radical (unpaired) electrons. The minimum Gasteiger partial charge on any atom is -0.465 e. The van der Waals surface area contributed by atoms with Crippen LogP contribution in [-0.4, -0.2) is 33.3 Å². The van der Waals surface area contributed by atoms with Crippen molar-refractivity contribution >= 4 is 11.7 Å². The molecule has 0 aliphatic rings. The molecule has 6 heteroatoms. The maximum Gasteiger partial charge on any atom is 0.343 e. The third kappa shape index (κ3) is 4.52. The topological polar surface area (TPSA) is 38.8 Å². The summed E-state index contributed by atoms with van der Waals surface area (Å²) >= 11 is 0. The average molecular weight is 335 g/mol. The largest absolute Gasteiger partial charge is 0.465 e. The van der Waals surface area contributed by atoms with Crippen molar-refractivity contribution in [3.63, 3.8) is 0 Å². The van der Waals surface area contributed by atoms with Crippen molar-refractivity contribution in [2.75, 3.05) is 32.2 Å². The fourth-order valence-electron chi connectivity index (χ4n) is 2.17. The fourth-order valence-corrected chi connectivity index (χ4v) is 2.17. The monoisotopic (exact) mass is 335 g/mol. The molecule has 0 fully saturated rings. The first-order chi connectivity index (χ1) is 11.5. The van der Waals surface area contributed by atoms with Gasteiger partial charge in [0.15, 0.2) is 0 Å². The van der Waals surface area contributed by atoms with Crippen LogP contribution < -0.4 is 4.90 Å². The van der Waals surface area contributed by atoms with Gasteiger partial charge in [-0.25, -0.2) is 13.6 Å². The Morgan fingerprint density at radius 2 is 1.75 bits per heavy atom. The second kappa shape index (κ2) is 8.40. The van der Waals surface area contributed by atoms with Gasteiger partial charge in [-0.2, -0.15) is 0 Å². The van der Waals surface area contributed by atoms with Gasteiger partial charge in [0.25, 0.3) is 0 Å².